The summed E-state index contributed by atoms with van der Waals surface area (Å²) in [4.78, 5) is 4.87. The quantitative estimate of drug-likeness (QED) is 0.314. The molecule has 2 heterocycles. The number of morpholine rings is 1. The van der Waals surface area contributed by atoms with Gasteiger partial charge in [0.1, 0.15) is 15.7 Å². The standard InChI is InChI=1S/C32H52FN5O4S2Si/c1-24-21-37(22-25(2)42-24)23-26-17-19-38(20-18-26)31-29(33)11-10-12-30(31)34-44(40,41)28-15-13-27(14-16-28)43(39,36(6)7)35-45(8,9)32(3,4)5/h10-16,24-26,34H,17-23H2,1-9H3/t24-,25+,43?. The summed E-state index contributed by atoms with van der Waals surface area (Å²) < 4.78 is 71.7. The Morgan fingerprint density at radius 2 is 1.53 bits per heavy atom. The Morgan fingerprint density at radius 1 is 0.978 bits per heavy atom. The topological polar surface area (TPSA) is 94.5 Å². The number of ether oxygens (including phenoxy) is 1. The van der Waals surface area contributed by atoms with Crippen LogP contribution in [0.2, 0.25) is 18.1 Å². The highest BCUT2D eigenvalue weighted by Gasteiger charge is 2.38. The molecule has 2 aromatic carbocycles. The van der Waals surface area contributed by atoms with Crippen molar-refractivity contribution in [3.05, 3.63) is 48.3 Å². The molecule has 3 atom stereocenters. The Balaban J connectivity index is 1.52. The fraction of sp³-hybridized carbons (Fsp3) is 0.625. The van der Waals surface area contributed by atoms with E-state index in [2.05, 4.69) is 57.3 Å². The highest BCUT2D eigenvalue weighted by Crippen LogP contribution is 2.39. The molecule has 0 aromatic heterocycles. The molecule has 1 N–H and O–H groups in total. The molecule has 252 valence electrons. The van der Waals surface area contributed by atoms with Crippen LogP contribution in [0, 0.1) is 11.7 Å². The molecule has 0 amide bonds. The lowest BCUT2D eigenvalue weighted by molar-refractivity contribution is -0.0720. The van der Waals surface area contributed by atoms with Crippen LogP contribution in [0.4, 0.5) is 15.8 Å². The molecular weight excluding hydrogens is 630 g/mol. The van der Waals surface area contributed by atoms with Gasteiger partial charge >= 0.3 is 0 Å². The fourth-order valence-electron chi connectivity index (χ4n) is 5.85. The molecule has 2 aromatic rings. The predicted molar refractivity (Wildman–Crippen MR) is 185 cm³/mol. The first-order chi connectivity index (χ1) is 20.8. The molecular formula is C32H52FN5O4S2Si. The second-order valence-corrected chi connectivity index (χ2v) is 23.6. The van der Waals surface area contributed by atoms with Gasteiger partial charge in [0.05, 0.1) is 33.4 Å². The van der Waals surface area contributed by atoms with Crippen LogP contribution >= 0.6 is 0 Å². The van der Waals surface area contributed by atoms with E-state index in [0.717, 1.165) is 32.5 Å². The summed E-state index contributed by atoms with van der Waals surface area (Å²) >= 11 is 0. The average Bonchev–Trinajstić information content (AvgIpc) is 2.92. The summed E-state index contributed by atoms with van der Waals surface area (Å²) in [6.07, 6.45) is 2.22. The Kier molecular flexibility index (Phi) is 10.8. The van der Waals surface area contributed by atoms with E-state index in [9.17, 15) is 12.6 Å². The van der Waals surface area contributed by atoms with Crippen molar-refractivity contribution >= 4 is 39.5 Å². The second-order valence-electron chi connectivity index (χ2n) is 14.3. The summed E-state index contributed by atoms with van der Waals surface area (Å²) in [6.45, 7) is 18.8. The van der Waals surface area contributed by atoms with E-state index >= 15 is 4.39 Å². The van der Waals surface area contributed by atoms with Gasteiger partial charge in [-0.1, -0.05) is 26.8 Å². The minimum atomic E-state index is -4.06. The van der Waals surface area contributed by atoms with E-state index in [4.69, 9.17) is 8.77 Å². The van der Waals surface area contributed by atoms with Crippen LogP contribution in [0.3, 0.4) is 0 Å². The minimum Gasteiger partial charge on any atom is -0.373 e. The van der Waals surface area contributed by atoms with Gasteiger partial charge in [-0.3, -0.25) is 13.7 Å². The van der Waals surface area contributed by atoms with Crippen molar-refractivity contribution < 1.29 is 21.8 Å². The number of benzene rings is 2. The molecule has 1 unspecified atom stereocenters. The zero-order valence-corrected chi connectivity index (χ0v) is 31.0. The highest BCUT2D eigenvalue weighted by molar-refractivity contribution is 7.93. The van der Waals surface area contributed by atoms with Crippen molar-refractivity contribution in [3.63, 3.8) is 0 Å². The van der Waals surface area contributed by atoms with Crippen molar-refractivity contribution in [1.82, 2.24) is 9.21 Å². The number of hydrogen-bond donors (Lipinski definition) is 1. The number of anilines is 2. The van der Waals surface area contributed by atoms with Crippen LogP contribution in [0.1, 0.15) is 47.5 Å². The van der Waals surface area contributed by atoms with Crippen LogP contribution in [0.5, 0.6) is 0 Å². The summed E-state index contributed by atoms with van der Waals surface area (Å²) in [5.41, 5.74) is 0.479. The van der Waals surface area contributed by atoms with E-state index in [1.54, 1.807) is 36.6 Å². The maximum atomic E-state index is 15.3. The first kappa shape index (κ1) is 35.8. The summed E-state index contributed by atoms with van der Waals surface area (Å²) in [6, 6.07) is 10.5. The largest absolute Gasteiger partial charge is 0.373 e. The number of nitrogens with zero attached hydrogens (tertiary/aromatic N) is 4. The van der Waals surface area contributed by atoms with Crippen LogP contribution in [-0.2, 0) is 24.7 Å². The number of piperidine rings is 1. The third-order valence-corrected chi connectivity index (χ3v) is 19.0. The van der Waals surface area contributed by atoms with Gasteiger partial charge in [0.25, 0.3) is 10.0 Å². The van der Waals surface area contributed by atoms with Gasteiger partial charge in [-0.2, -0.15) is 0 Å². The van der Waals surface area contributed by atoms with E-state index < -0.39 is 34.0 Å². The van der Waals surface area contributed by atoms with Crippen molar-refractivity contribution in [3.8, 4) is 0 Å². The van der Waals surface area contributed by atoms with Crippen molar-refractivity contribution in [2.45, 2.75) is 87.6 Å². The lowest BCUT2D eigenvalue weighted by Gasteiger charge is -2.40. The molecule has 0 bridgehead atoms. The molecule has 0 spiro atoms. The van der Waals surface area contributed by atoms with Crippen LogP contribution in [0.25, 0.3) is 0 Å². The zero-order valence-electron chi connectivity index (χ0n) is 28.3. The molecule has 9 nitrogen and oxygen atoms in total. The highest BCUT2D eigenvalue weighted by atomic mass is 32.2. The third kappa shape index (κ3) is 8.28. The van der Waals surface area contributed by atoms with Crippen molar-refractivity contribution in [2.75, 3.05) is 56.4 Å². The molecule has 4 rings (SSSR count). The Morgan fingerprint density at radius 3 is 2.07 bits per heavy atom. The lowest BCUT2D eigenvalue weighted by Crippen LogP contribution is -2.48. The van der Waals surface area contributed by atoms with Gasteiger partial charge < -0.3 is 9.64 Å². The maximum Gasteiger partial charge on any atom is 0.261 e. The first-order valence-electron chi connectivity index (χ1n) is 15.8. The van der Waals surface area contributed by atoms with Crippen molar-refractivity contribution in [2.24, 2.45) is 9.95 Å². The van der Waals surface area contributed by atoms with Gasteiger partial charge in [0.2, 0.25) is 0 Å². The van der Waals surface area contributed by atoms with Crippen LogP contribution in [-0.4, -0.2) is 89.1 Å². The monoisotopic (exact) mass is 681 g/mol. The van der Waals surface area contributed by atoms with Gasteiger partial charge in [0.15, 0.2) is 8.24 Å². The van der Waals surface area contributed by atoms with Gasteiger partial charge in [-0.25, -0.2) is 21.3 Å². The Labute approximate surface area is 272 Å². The first-order valence-corrected chi connectivity index (χ1v) is 21.7. The SMILES string of the molecule is C[C@@H]1CN(CC2CCN(c3c(F)cccc3NS(=O)(=O)c3ccc(S(=O)(=N[Si](C)(C)C(C)(C)C)N(C)C)cc3)CC2)C[C@H](C)O1. The Hall–Kier alpha value is -2.03. The lowest BCUT2D eigenvalue weighted by atomic mass is 9.95. The van der Waals surface area contributed by atoms with Crippen molar-refractivity contribution in [1.29, 1.82) is 0 Å². The van der Waals surface area contributed by atoms with E-state index in [-0.39, 0.29) is 33.5 Å². The van der Waals surface area contributed by atoms with E-state index in [0.29, 0.717) is 23.9 Å². The number of hydrogen-bond acceptors (Lipinski definition) is 7. The van der Waals surface area contributed by atoms with Gasteiger partial charge in [0, 0.05) is 46.8 Å². The molecule has 2 saturated heterocycles. The third-order valence-electron chi connectivity index (χ3n) is 9.30. The Bertz CT molecular complexity index is 1550. The van der Waals surface area contributed by atoms with Gasteiger partial charge in [-0.15, -0.1) is 0 Å². The fourth-order valence-corrected chi connectivity index (χ4v) is 12.5. The summed E-state index contributed by atoms with van der Waals surface area (Å²) in [5.74, 6) is 0.0303. The molecule has 2 fully saturated rings. The number of halogens is 1. The van der Waals surface area contributed by atoms with E-state index in [1.807, 2.05) is 4.90 Å². The molecule has 45 heavy (non-hydrogen) atoms. The minimum absolute atomic E-state index is 0.00182. The van der Waals surface area contributed by atoms with Gasteiger partial charge in [-0.05, 0) is 87.1 Å². The molecule has 0 aliphatic carbocycles. The number of sulfonamides is 1. The van der Waals surface area contributed by atoms with Crippen LogP contribution < -0.4 is 9.62 Å². The molecule has 13 heteroatoms. The maximum absolute atomic E-state index is 15.3. The molecule has 0 saturated carbocycles. The number of nitrogens with one attached hydrogen (secondary N) is 1. The summed E-state index contributed by atoms with van der Waals surface area (Å²) in [7, 11) is -5.87. The van der Waals surface area contributed by atoms with Crippen LogP contribution in [0.15, 0.2) is 56.3 Å². The number of para-hydroxylation sites is 1. The second kappa shape index (κ2) is 13.6. The normalized spacial score (nSPS) is 22.3. The molecule has 0 radical (unpaired) electrons. The predicted octanol–water partition coefficient (Wildman–Crippen LogP) is 6.26. The zero-order chi connectivity index (χ0) is 33.4. The molecule has 2 aliphatic rings. The number of rotatable bonds is 9. The smallest absolute Gasteiger partial charge is 0.261 e. The summed E-state index contributed by atoms with van der Waals surface area (Å²) in [5, 5.41) is -0.114. The molecule has 2 aliphatic heterocycles. The average molecular weight is 682 g/mol. The van der Waals surface area contributed by atoms with E-state index in [1.165, 1.54) is 24.3 Å².